The minimum Gasteiger partial charge on any atom is -0.480 e. The highest BCUT2D eigenvalue weighted by Crippen LogP contribution is 2.64. The predicted molar refractivity (Wildman–Crippen MR) is 81.3 cm³/mol. The third-order valence-electron chi connectivity index (χ3n) is 5.34. The number of carboxylic acids is 1. The molecule has 0 aromatic rings. The van der Waals surface area contributed by atoms with Gasteiger partial charge in [-0.25, -0.2) is 4.79 Å². The number of halogens is 2. The standard InChI is InChI=1S/C16H24F2N2O4/c1-15(2,3)10(19-12(21)11(17)18)13(22)20-6-7-8(16(7,4)5)9(20)14(23)24/h7-11H,6H2,1-5H3,(H,19,21)(H,23,24)/t7?,8-,9-,10+/m0/s1. The largest absolute Gasteiger partial charge is 0.480 e. The second-order valence-electron chi connectivity index (χ2n) is 8.34. The van der Waals surface area contributed by atoms with Crippen molar-refractivity contribution in [1.82, 2.24) is 10.2 Å². The summed E-state index contributed by atoms with van der Waals surface area (Å²) in [6.45, 7) is 9.10. The Labute approximate surface area is 139 Å². The molecule has 1 saturated carbocycles. The van der Waals surface area contributed by atoms with Gasteiger partial charge >= 0.3 is 12.4 Å². The van der Waals surface area contributed by atoms with E-state index in [2.05, 4.69) is 5.32 Å². The molecule has 1 unspecified atom stereocenters. The van der Waals surface area contributed by atoms with Gasteiger partial charge in [0, 0.05) is 12.5 Å². The maximum absolute atomic E-state index is 12.8. The SMILES string of the molecule is CC(C)(C)[C@H](NC(=O)C(F)F)C(=O)N1CC2[C@@H]([C@H]1C(=O)O)C2(C)C. The van der Waals surface area contributed by atoms with Crippen LogP contribution in [0.2, 0.25) is 0 Å². The molecule has 136 valence electrons. The predicted octanol–water partition coefficient (Wildman–Crippen LogP) is 1.35. The Balaban J connectivity index is 2.24. The zero-order chi connectivity index (χ0) is 18.6. The molecule has 0 bridgehead atoms. The van der Waals surface area contributed by atoms with Crippen LogP contribution in [-0.2, 0) is 14.4 Å². The first-order chi connectivity index (χ1) is 10.8. The molecular weight excluding hydrogens is 322 g/mol. The van der Waals surface area contributed by atoms with Gasteiger partial charge in [-0.05, 0) is 16.7 Å². The number of rotatable bonds is 4. The fourth-order valence-electron chi connectivity index (χ4n) is 3.82. The van der Waals surface area contributed by atoms with Crippen molar-refractivity contribution in [1.29, 1.82) is 0 Å². The van der Waals surface area contributed by atoms with Crippen molar-refractivity contribution < 1.29 is 28.3 Å². The smallest absolute Gasteiger partial charge is 0.326 e. The molecule has 0 aromatic carbocycles. The van der Waals surface area contributed by atoms with E-state index >= 15 is 0 Å². The van der Waals surface area contributed by atoms with Gasteiger partial charge in [0.15, 0.2) is 0 Å². The number of piperidine rings is 1. The summed E-state index contributed by atoms with van der Waals surface area (Å²) < 4.78 is 25.1. The highest BCUT2D eigenvalue weighted by atomic mass is 19.3. The Morgan fingerprint density at radius 3 is 2.21 bits per heavy atom. The highest BCUT2D eigenvalue weighted by Gasteiger charge is 2.70. The molecule has 1 heterocycles. The quantitative estimate of drug-likeness (QED) is 0.804. The number of alkyl halides is 2. The summed E-state index contributed by atoms with van der Waals surface area (Å²) in [5, 5.41) is 11.6. The molecule has 2 rings (SSSR count). The van der Waals surface area contributed by atoms with Crippen LogP contribution in [0.1, 0.15) is 34.6 Å². The number of aliphatic carboxylic acids is 1. The maximum Gasteiger partial charge on any atom is 0.326 e. The monoisotopic (exact) mass is 346 g/mol. The summed E-state index contributed by atoms with van der Waals surface area (Å²) in [5.41, 5.74) is -0.976. The number of hydrogen-bond donors (Lipinski definition) is 2. The maximum atomic E-state index is 12.8. The van der Waals surface area contributed by atoms with Crippen LogP contribution in [-0.4, -0.2) is 52.8 Å². The van der Waals surface area contributed by atoms with E-state index < -0.39 is 41.7 Å². The molecule has 4 atom stereocenters. The van der Waals surface area contributed by atoms with Crippen LogP contribution in [0.4, 0.5) is 8.78 Å². The summed E-state index contributed by atoms with van der Waals surface area (Å²) in [6, 6.07) is -2.19. The molecule has 0 spiro atoms. The van der Waals surface area contributed by atoms with E-state index in [-0.39, 0.29) is 23.8 Å². The van der Waals surface area contributed by atoms with Gasteiger partial charge in [0.2, 0.25) is 5.91 Å². The van der Waals surface area contributed by atoms with Gasteiger partial charge in [-0.2, -0.15) is 8.78 Å². The van der Waals surface area contributed by atoms with E-state index in [1.54, 1.807) is 20.8 Å². The van der Waals surface area contributed by atoms with Crippen LogP contribution in [0.3, 0.4) is 0 Å². The fourth-order valence-corrected chi connectivity index (χ4v) is 3.82. The van der Waals surface area contributed by atoms with Crippen molar-refractivity contribution in [3.63, 3.8) is 0 Å². The number of carbonyl (C=O) groups is 3. The van der Waals surface area contributed by atoms with Crippen molar-refractivity contribution in [3.8, 4) is 0 Å². The topological polar surface area (TPSA) is 86.7 Å². The second kappa shape index (κ2) is 5.67. The van der Waals surface area contributed by atoms with Crippen LogP contribution < -0.4 is 5.32 Å². The third-order valence-corrected chi connectivity index (χ3v) is 5.34. The Morgan fingerprint density at radius 1 is 1.25 bits per heavy atom. The first-order valence-corrected chi connectivity index (χ1v) is 7.92. The molecule has 8 heteroatoms. The number of nitrogens with one attached hydrogen (secondary N) is 1. The number of fused-ring (bicyclic) bond motifs is 1. The van der Waals surface area contributed by atoms with Gasteiger partial charge in [-0.15, -0.1) is 0 Å². The average Bonchev–Trinajstić information content (AvgIpc) is 2.82. The highest BCUT2D eigenvalue weighted by molar-refractivity contribution is 5.92. The van der Waals surface area contributed by atoms with Gasteiger partial charge in [0.25, 0.3) is 5.91 Å². The number of carboxylic acid groups (broad SMARTS) is 1. The molecule has 1 aliphatic heterocycles. The lowest BCUT2D eigenvalue weighted by molar-refractivity contribution is -0.153. The average molecular weight is 346 g/mol. The van der Waals surface area contributed by atoms with Gasteiger partial charge in [0.05, 0.1) is 0 Å². The molecule has 1 saturated heterocycles. The molecule has 0 radical (unpaired) electrons. The first kappa shape index (κ1) is 18.6. The number of hydrogen-bond acceptors (Lipinski definition) is 3. The first-order valence-electron chi connectivity index (χ1n) is 7.92. The van der Waals surface area contributed by atoms with Crippen LogP contribution in [0.15, 0.2) is 0 Å². The summed E-state index contributed by atoms with van der Waals surface area (Å²) in [6.07, 6.45) is -3.23. The minimum atomic E-state index is -3.23. The molecule has 2 fully saturated rings. The third kappa shape index (κ3) is 2.98. The summed E-state index contributed by atoms with van der Waals surface area (Å²) in [4.78, 5) is 37.1. The number of carbonyl (C=O) groups excluding carboxylic acids is 2. The van der Waals surface area contributed by atoms with Gasteiger partial charge in [0.1, 0.15) is 12.1 Å². The number of nitrogens with zero attached hydrogens (tertiary/aromatic N) is 1. The molecule has 24 heavy (non-hydrogen) atoms. The molecule has 0 aromatic heterocycles. The van der Waals surface area contributed by atoms with Crippen LogP contribution in [0, 0.1) is 22.7 Å². The zero-order valence-electron chi connectivity index (χ0n) is 14.5. The van der Waals surface area contributed by atoms with Gasteiger partial charge in [-0.1, -0.05) is 34.6 Å². The Hall–Kier alpha value is -1.73. The summed E-state index contributed by atoms with van der Waals surface area (Å²) >= 11 is 0. The lowest BCUT2D eigenvalue weighted by Crippen LogP contribution is -2.58. The Kier molecular flexibility index (Phi) is 4.39. The Morgan fingerprint density at radius 2 is 1.79 bits per heavy atom. The molecule has 1 aliphatic carbocycles. The molecule has 2 aliphatic rings. The van der Waals surface area contributed by atoms with Crippen molar-refractivity contribution in [3.05, 3.63) is 0 Å². The van der Waals surface area contributed by atoms with Crippen LogP contribution in [0.25, 0.3) is 0 Å². The van der Waals surface area contributed by atoms with E-state index in [1.807, 2.05) is 13.8 Å². The zero-order valence-corrected chi connectivity index (χ0v) is 14.5. The summed E-state index contributed by atoms with van der Waals surface area (Å²) in [5.74, 6) is -3.32. The Bertz CT molecular complexity index is 571. The molecule has 2 amide bonds. The van der Waals surface area contributed by atoms with Crippen molar-refractivity contribution >= 4 is 17.8 Å². The normalized spacial score (nSPS) is 29.2. The van der Waals surface area contributed by atoms with Crippen molar-refractivity contribution in [2.75, 3.05) is 6.54 Å². The van der Waals surface area contributed by atoms with Crippen molar-refractivity contribution in [2.45, 2.75) is 53.1 Å². The fraction of sp³-hybridized carbons (Fsp3) is 0.812. The molecule has 6 nitrogen and oxygen atoms in total. The van der Waals surface area contributed by atoms with Crippen molar-refractivity contribution in [2.24, 2.45) is 22.7 Å². The van der Waals surface area contributed by atoms with Gasteiger partial charge in [-0.3, -0.25) is 9.59 Å². The second-order valence-corrected chi connectivity index (χ2v) is 8.34. The molecule has 2 N–H and O–H groups in total. The number of amides is 2. The van der Waals surface area contributed by atoms with E-state index in [0.29, 0.717) is 0 Å². The minimum absolute atomic E-state index is 0.0777. The van der Waals surface area contributed by atoms with E-state index in [4.69, 9.17) is 0 Å². The van der Waals surface area contributed by atoms with Crippen LogP contribution >= 0.6 is 0 Å². The van der Waals surface area contributed by atoms with Gasteiger partial charge < -0.3 is 15.3 Å². The lowest BCUT2D eigenvalue weighted by Gasteiger charge is -2.36. The van der Waals surface area contributed by atoms with Crippen LogP contribution in [0.5, 0.6) is 0 Å². The van der Waals surface area contributed by atoms with E-state index in [0.717, 1.165) is 0 Å². The van der Waals surface area contributed by atoms with E-state index in [9.17, 15) is 28.3 Å². The summed E-state index contributed by atoms with van der Waals surface area (Å²) in [7, 11) is 0. The van der Waals surface area contributed by atoms with E-state index in [1.165, 1.54) is 4.90 Å². The lowest BCUT2D eigenvalue weighted by atomic mass is 9.85. The molecular formula is C16H24F2N2O4. The number of likely N-dealkylation sites (tertiary alicyclic amines) is 1.